The van der Waals surface area contributed by atoms with Gasteiger partial charge in [-0.15, -0.1) is 0 Å². The first-order valence-electron chi connectivity index (χ1n) is 7.05. The van der Waals surface area contributed by atoms with E-state index in [2.05, 4.69) is 17.2 Å². The zero-order valence-electron chi connectivity index (χ0n) is 11.5. The van der Waals surface area contributed by atoms with Gasteiger partial charge in [0, 0.05) is 17.1 Å². The fourth-order valence-electron chi connectivity index (χ4n) is 2.96. The summed E-state index contributed by atoms with van der Waals surface area (Å²) in [5, 5.41) is 13.7. The highest BCUT2D eigenvalue weighted by Crippen LogP contribution is 2.31. The molecule has 1 aliphatic rings. The van der Waals surface area contributed by atoms with E-state index in [0.29, 0.717) is 12.0 Å². The molecule has 2 aromatic rings. The number of para-hydroxylation sites is 1. The maximum atomic E-state index is 11.2. The molecule has 4 nitrogen and oxygen atoms in total. The van der Waals surface area contributed by atoms with Crippen molar-refractivity contribution in [2.45, 2.75) is 32.2 Å². The number of pyridine rings is 1. The Morgan fingerprint density at radius 3 is 2.85 bits per heavy atom. The lowest BCUT2D eigenvalue weighted by Crippen LogP contribution is -2.22. The van der Waals surface area contributed by atoms with Crippen molar-refractivity contribution in [2.24, 2.45) is 5.92 Å². The fourth-order valence-corrected chi connectivity index (χ4v) is 2.96. The number of nitrogens with one attached hydrogen (secondary N) is 1. The van der Waals surface area contributed by atoms with E-state index in [0.717, 1.165) is 23.0 Å². The quantitative estimate of drug-likeness (QED) is 0.895. The zero-order chi connectivity index (χ0) is 14.1. The molecule has 20 heavy (non-hydrogen) atoms. The van der Waals surface area contributed by atoms with Crippen molar-refractivity contribution in [3.63, 3.8) is 0 Å². The van der Waals surface area contributed by atoms with Crippen LogP contribution in [-0.2, 0) is 0 Å². The minimum atomic E-state index is -0.988. The SMILES string of the molecule is CC1CCCC1Nc1cc(C(=O)O)nc2ccccc12. The van der Waals surface area contributed by atoms with Crippen molar-refractivity contribution >= 4 is 22.6 Å². The molecule has 0 bridgehead atoms. The van der Waals surface area contributed by atoms with Crippen molar-refractivity contribution in [3.8, 4) is 0 Å². The number of aromatic carboxylic acids is 1. The second-order valence-corrected chi connectivity index (χ2v) is 5.54. The third kappa shape index (κ3) is 2.33. The molecule has 1 fully saturated rings. The number of rotatable bonds is 3. The number of benzene rings is 1. The average molecular weight is 270 g/mol. The van der Waals surface area contributed by atoms with Crippen LogP contribution in [0.1, 0.15) is 36.7 Å². The first-order valence-corrected chi connectivity index (χ1v) is 7.05. The van der Waals surface area contributed by atoms with E-state index >= 15 is 0 Å². The summed E-state index contributed by atoms with van der Waals surface area (Å²) in [5.41, 5.74) is 1.70. The maximum absolute atomic E-state index is 11.2. The smallest absolute Gasteiger partial charge is 0.354 e. The lowest BCUT2D eigenvalue weighted by molar-refractivity contribution is 0.0691. The van der Waals surface area contributed by atoms with Gasteiger partial charge in [0.05, 0.1) is 5.52 Å². The predicted molar refractivity (Wildman–Crippen MR) is 79.1 cm³/mol. The van der Waals surface area contributed by atoms with Crippen LogP contribution in [0, 0.1) is 5.92 Å². The Balaban J connectivity index is 2.05. The Kier molecular flexibility index (Phi) is 3.30. The molecule has 3 rings (SSSR count). The number of aromatic nitrogens is 1. The molecule has 0 aliphatic heterocycles. The molecule has 2 N–H and O–H groups in total. The number of hydrogen-bond donors (Lipinski definition) is 2. The van der Waals surface area contributed by atoms with E-state index < -0.39 is 5.97 Å². The van der Waals surface area contributed by atoms with Gasteiger partial charge in [0.15, 0.2) is 5.69 Å². The summed E-state index contributed by atoms with van der Waals surface area (Å²) in [6.07, 6.45) is 3.60. The molecule has 1 aromatic carbocycles. The average Bonchev–Trinajstić information content (AvgIpc) is 2.84. The van der Waals surface area contributed by atoms with E-state index in [9.17, 15) is 9.90 Å². The van der Waals surface area contributed by atoms with Crippen LogP contribution >= 0.6 is 0 Å². The highest BCUT2D eigenvalue weighted by molar-refractivity contribution is 5.97. The van der Waals surface area contributed by atoms with Crippen LogP contribution in [0.3, 0.4) is 0 Å². The Labute approximate surface area is 117 Å². The van der Waals surface area contributed by atoms with E-state index in [1.54, 1.807) is 6.07 Å². The van der Waals surface area contributed by atoms with Gasteiger partial charge in [-0.2, -0.15) is 0 Å². The van der Waals surface area contributed by atoms with Gasteiger partial charge in [-0.05, 0) is 30.9 Å². The summed E-state index contributed by atoms with van der Waals surface area (Å²) < 4.78 is 0. The lowest BCUT2D eigenvalue weighted by Gasteiger charge is -2.20. The van der Waals surface area contributed by atoms with Gasteiger partial charge in [0.25, 0.3) is 0 Å². The summed E-state index contributed by atoms with van der Waals surface area (Å²) in [4.78, 5) is 15.4. The molecule has 0 spiro atoms. The predicted octanol–water partition coefficient (Wildman–Crippen LogP) is 3.53. The molecular weight excluding hydrogens is 252 g/mol. The van der Waals surface area contributed by atoms with Crippen molar-refractivity contribution in [3.05, 3.63) is 36.0 Å². The third-order valence-electron chi connectivity index (χ3n) is 4.14. The third-order valence-corrected chi connectivity index (χ3v) is 4.14. The normalized spacial score (nSPS) is 22.1. The van der Waals surface area contributed by atoms with Gasteiger partial charge >= 0.3 is 5.97 Å². The number of hydrogen-bond acceptors (Lipinski definition) is 3. The second-order valence-electron chi connectivity index (χ2n) is 5.54. The van der Waals surface area contributed by atoms with Crippen LogP contribution in [0.15, 0.2) is 30.3 Å². The van der Waals surface area contributed by atoms with Crippen molar-refractivity contribution in [1.29, 1.82) is 0 Å². The molecule has 0 radical (unpaired) electrons. The first kappa shape index (κ1) is 12.9. The molecule has 1 heterocycles. The lowest BCUT2D eigenvalue weighted by atomic mass is 10.1. The number of fused-ring (bicyclic) bond motifs is 1. The molecule has 1 aromatic heterocycles. The molecule has 2 unspecified atom stereocenters. The molecule has 4 heteroatoms. The van der Waals surface area contributed by atoms with Gasteiger partial charge in [0.1, 0.15) is 0 Å². The van der Waals surface area contributed by atoms with Crippen molar-refractivity contribution in [2.75, 3.05) is 5.32 Å². The van der Waals surface area contributed by atoms with Gasteiger partial charge in [-0.25, -0.2) is 9.78 Å². The number of anilines is 1. The van der Waals surface area contributed by atoms with Crippen LogP contribution in [0.2, 0.25) is 0 Å². The summed E-state index contributed by atoms with van der Waals surface area (Å²) >= 11 is 0. The van der Waals surface area contributed by atoms with Gasteiger partial charge in [-0.1, -0.05) is 31.5 Å². The van der Waals surface area contributed by atoms with Crippen LogP contribution in [0.5, 0.6) is 0 Å². The molecule has 104 valence electrons. The van der Waals surface area contributed by atoms with Gasteiger partial charge in [-0.3, -0.25) is 0 Å². The van der Waals surface area contributed by atoms with E-state index in [1.165, 1.54) is 12.8 Å². The highest BCUT2D eigenvalue weighted by Gasteiger charge is 2.24. The zero-order valence-corrected chi connectivity index (χ0v) is 11.5. The van der Waals surface area contributed by atoms with E-state index in [-0.39, 0.29) is 5.69 Å². The number of carbonyl (C=O) groups is 1. The number of nitrogens with zero attached hydrogens (tertiary/aromatic N) is 1. The van der Waals surface area contributed by atoms with Crippen LogP contribution in [-0.4, -0.2) is 22.1 Å². The van der Waals surface area contributed by atoms with Gasteiger partial charge < -0.3 is 10.4 Å². The topological polar surface area (TPSA) is 62.2 Å². The van der Waals surface area contributed by atoms with Crippen molar-refractivity contribution in [1.82, 2.24) is 4.98 Å². The fraction of sp³-hybridized carbons (Fsp3) is 0.375. The van der Waals surface area contributed by atoms with E-state index in [4.69, 9.17) is 0 Å². The number of carboxylic acid groups (broad SMARTS) is 1. The molecule has 2 atom stereocenters. The van der Waals surface area contributed by atoms with Crippen LogP contribution < -0.4 is 5.32 Å². The van der Waals surface area contributed by atoms with E-state index in [1.807, 2.05) is 24.3 Å². The van der Waals surface area contributed by atoms with Crippen LogP contribution in [0.25, 0.3) is 10.9 Å². The molecular formula is C16H18N2O2. The second kappa shape index (κ2) is 5.12. The Morgan fingerprint density at radius 1 is 1.35 bits per heavy atom. The maximum Gasteiger partial charge on any atom is 0.354 e. The van der Waals surface area contributed by atoms with Gasteiger partial charge in [0.2, 0.25) is 0 Å². The summed E-state index contributed by atoms with van der Waals surface area (Å²) in [7, 11) is 0. The molecule has 0 amide bonds. The molecule has 1 aliphatic carbocycles. The highest BCUT2D eigenvalue weighted by atomic mass is 16.4. The largest absolute Gasteiger partial charge is 0.477 e. The first-order chi connectivity index (χ1) is 9.65. The van der Waals surface area contributed by atoms with Crippen molar-refractivity contribution < 1.29 is 9.90 Å². The molecule has 1 saturated carbocycles. The summed E-state index contributed by atoms with van der Waals surface area (Å²) in [5.74, 6) is -0.367. The Hall–Kier alpha value is -2.10. The summed E-state index contributed by atoms with van der Waals surface area (Å²) in [6, 6.07) is 9.73. The minimum absolute atomic E-state index is 0.0943. The Bertz CT molecular complexity index is 654. The summed E-state index contributed by atoms with van der Waals surface area (Å²) in [6.45, 7) is 2.24. The Morgan fingerprint density at radius 2 is 2.15 bits per heavy atom. The standard InChI is InChI=1S/C16H18N2O2/c1-10-5-4-8-12(10)17-14-9-15(16(19)20)18-13-7-3-2-6-11(13)14/h2-3,6-7,9-10,12H,4-5,8H2,1H3,(H,17,18)(H,19,20). The number of carboxylic acids is 1. The minimum Gasteiger partial charge on any atom is -0.477 e. The monoisotopic (exact) mass is 270 g/mol. The van der Waals surface area contributed by atoms with Crippen LogP contribution in [0.4, 0.5) is 5.69 Å². The molecule has 0 saturated heterocycles.